The van der Waals surface area contributed by atoms with Crippen molar-refractivity contribution in [3.63, 3.8) is 0 Å². The van der Waals surface area contributed by atoms with E-state index in [4.69, 9.17) is 4.74 Å². The molecular formula is C20H24BrNO4S. The first kappa shape index (κ1) is 20.3. The van der Waals surface area contributed by atoms with Crippen LogP contribution in [-0.4, -0.2) is 55.2 Å². The summed E-state index contributed by atoms with van der Waals surface area (Å²) in [5.74, 6) is 1.04. The molecule has 2 aromatic rings. The minimum Gasteiger partial charge on any atom is -0.490 e. The summed E-state index contributed by atoms with van der Waals surface area (Å²) in [5, 5.41) is 10.5. The fourth-order valence-corrected chi connectivity index (χ4v) is 5.46. The average Bonchev–Trinajstić information content (AvgIpc) is 3.01. The van der Waals surface area contributed by atoms with Crippen molar-refractivity contribution in [1.82, 2.24) is 4.90 Å². The van der Waals surface area contributed by atoms with Crippen LogP contribution in [0, 0.1) is 0 Å². The van der Waals surface area contributed by atoms with Crippen LogP contribution in [0.5, 0.6) is 5.75 Å². The van der Waals surface area contributed by atoms with E-state index in [0.29, 0.717) is 25.3 Å². The summed E-state index contributed by atoms with van der Waals surface area (Å²) >= 11 is 3.42. The average molecular weight is 454 g/mol. The number of sulfone groups is 1. The Morgan fingerprint density at radius 3 is 2.52 bits per heavy atom. The van der Waals surface area contributed by atoms with Crippen molar-refractivity contribution in [1.29, 1.82) is 0 Å². The topological polar surface area (TPSA) is 66.8 Å². The van der Waals surface area contributed by atoms with Crippen LogP contribution in [-0.2, 0) is 16.4 Å². The Labute approximate surface area is 169 Å². The van der Waals surface area contributed by atoms with Crippen molar-refractivity contribution in [2.75, 3.05) is 24.7 Å². The Morgan fingerprint density at radius 1 is 1.15 bits per heavy atom. The number of nitrogens with zero attached hydrogens (tertiary/aromatic N) is 1. The van der Waals surface area contributed by atoms with E-state index in [0.717, 1.165) is 10.0 Å². The molecule has 0 aromatic heterocycles. The number of aliphatic hydroxyl groups is 1. The molecule has 1 N–H and O–H groups in total. The molecule has 1 saturated heterocycles. The van der Waals surface area contributed by atoms with Gasteiger partial charge in [0.2, 0.25) is 0 Å². The summed E-state index contributed by atoms with van der Waals surface area (Å²) in [5.41, 5.74) is 1.10. The molecule has 5 nitrogen and oxygen atoms in total. The molecule has 2 aromatic carbocycles. The van der Waals surface area contributed by atoms with E-state index < -0.39 is 15.9 Å². The first-order valence-corrected chi connectivity index (χ1v) is 11.6. The SMILES string of the molecule is O=S1(=O)CCC(N(Cc2ccccc2)CC(O)COc2ccccc2Br)C1. The van der Waals surface area contributed by atoms with E-state index in [1.165, 1.54) is 0 Å². The van der Waals surface area contributed by atoms with Gasteiger partial charge in [0.1, 0.15) is 18.5 Å². The summed E-state index contributed by atoms with van der Waals surface area (Å²) in [4.78, 5) is 2.06. The quantitative estimate of drug-likeness (QED) is 0.665. The summed E-state index contributed by atoms with van der Waals surface area (Å²) in [7, 11) is -2.99. The van der Waals surface area contributed by atoms with Crippen molar-refractivity contribution < 1.29 is 18.3 Å². The van der Waals surface area contributed by atoms with Gasteiger partial charge in [0, 0.05) is 19.1 Å². The van der Waals surface area contributed by atoms with Crippen LogP contribution in [0.3, 0.4) is 0 Å². The van der Waals surface area contributed by atoms with Crippen LogP contribution >= 0.6 is 15.9 Å². The minimum atomic E-state index is -2.99. The van der Waals surface area contributed by atoms with Gasteiger partial charge in [-0.1, -0.05) is 42.5 Å². The Bertz CT molecular complexity index is 844. The highest BCUT2D eigenvalue weighted by Gasteiger charge is 2.33. The summed E-state index contributed by atoms with van der Waals surface area (Å²) in [6, 6.07) is 17.3. The van der Waals surface area contributed by atoms with Gasteiger partial charge in [-0.15, -0.1) is 0 Å². The third-order valence-electron chi connectivity index (χ3n) is 4.67. The van der Waals surface area contributed by atoms with Gasteiger partial charge in [-0.25, -0.2) is 8.42 Å². The predicted molar refractivity (Wildman–Crippen MR) is 110 cm³/mol. The largest absolute Gasteiger partial charge is 0.490 e. The normalized spacial score (nSPS) is 19.9. The number of halogens is 1. The lowest BCUT2D eigenvalue weighted by Gasteiger charge is -2.30. The number of benzene rings is 2. The maximum Gasteiger partial charge on any atom is 0.151 e. The molecule has 0 aliphatic carbocycles. The number of hydrogen-bond acceptors (Lipinski definition) is 5. The number of aliphatic hydroxyl groups excluding tert-OH is 1. The number of hydrogen-bond donors (Lipinski definition) is 1. The lowest BCUT2D eigenvalue weighted by molar-refractivity contribution is 0.0522. The fraction of sp³-hybridized carbons (Fsp3) is 0.400. The van der Waals surface area contributed by atoms with Gasteiger partial charge < -0.3 is 9.84 Å². The van der Waals surface area contributed by atoms with Gasteiger partial charge in [-0.05, 0) is 40.0 Å². The van der Waals surface area contributed by atoms with Crippen molar-refractivity contribution in [3.05, 3.63) is 64.6 Å². The standard InChI is InChI=1S/C20H24BrNO4S/c21-19-8-4-5-9-20(19)26-14-18(23)13-22(12-16-6-2-1-3-7-16)17-10-11-27(24,25)15-17/h1-9,17-18,23H,10-15H2. The molecule has 1 aliphatic rings. The zero-order chi connectivity index (χ0) is 19.3. The molecule has 7 heteroatoms. The highest BCUT2D eigenvalue weighted by atomic mass is 79.9. The van der Waals surface area contributed by atoms with Crippen LogP contribution in [0.25, 0.3) is 0 Å². The molecule has 2 unspecified atom stereocenters. The maximum absolute atomic E-state index is 11.9. The van der Waals surface area contributed by atoms with Gasteiger partial charge in [0.15, 0.2) is 9.84 Å². The van der Waals surface area contributed by atoms with Crippen molar-refractivity contribution in [2.24, 2.45) is 0 Å². The molecule has 1 heterocycles. The van der Waals surface area contributed by atoms with Crippen molar-refractivity contribution in [3.8, 4) is 5.75 Å². The zero-order valence-electron chi connectivity index (χ0n) is 15.0. The van der Waals surface area contributed by atoms with Crippen LogP contribution in [0.15, 0.2) is 59.1 Å². The first-order chi connectivity index (χ1) is 12.9. The molecule has 0 radical (unpaired) electrons. The second kappa shape index (κ2) is 9.19. The van der Waals surface area contributed by atoms with E-state index in [9.17, 15) is 13.5 Å². The maximum atomic E-state index is 11.9. The highest BCUT2D eigenvalue weighted by molar-refractivity contribution is 9.10. The van der Waals surface area contributed by atoms with E-state index in [1.54, 1.807) is 0 Å². The number of rotatable bonds is 8. The Kier molecular flexibility index (Phi) is 6.92. The third-order valence-corrected chi connectivity index (χ3v) is 7.07. The van der Waals surface area contributed by atoms with Crippen LogP contribution in [0.1, 0.15) is 12.0 Å². The predicted octanol–water partition coefficient (Wildman–Crippen LogP) is 2.88. The molecule has 27 heavy (non-hydrogen) atoms. The fourth-order valence-electron chi connectivity index (χ4n) is 3.30. The molecule has 1 fully saturated rings. The molecule has 146 valence electrons. The molecule has 0 amide bonds. The Hall–Kier alpha value is -1.41. The van der Waals surface area contributed by atoms with Gasteiger partial charge in [-0.2, -0.15) is 0 Å². The zero-order valence-corrected chi connectivity index (χ0v) is 17.4. The van der Waals surface area contributed by atoms with E-state index in [1.807, 2.05) is 54.6 Å². The molecular weight excluding hydrogens is 430 g/mol. The highest BCUT2D eigenvalue weighted by Crippen LogP contribution is 2.24. The number of ether oxygens (including phenoxy) is 1. The van der Waals surface area contributed by atoms with E-state index in [2.05, 4.69) is 20.8 Å². The van der Waals surface area contributed by atoms with Crippen LogP contribution in [0.2, 0.25) is 0 Å². The van der Waals surface area contributed by atoms with Gasteiger partial charge >= 0.3 is 0 Å². The molecule has 1 aliphatic heterocycles. The second-order valence-electron chi connectivity index (χ2n) is 6.87. The van der Waals surface area contributed by atoms with Gasteiger partial charge in [0.25, 0.3) is 0 Å². The summed E-state index contributed by atoms with van der Waals surface area (Å²) in [6.45, 7) is 1.11. The van der Waals surface area contributed by atoms with Gasteiger partial charge in [0.05, 0.1) is 16.0 Å². The van der Waals surface area contributed by atoms with E-state index in [-0.39, 0.29) is 24.2 Å². The monoisotopic (exact) mass is 453 g/mol. The van der Waals surface area contributed by atoms with Gasteiger partial charge in [-0.3, -0.25) is 4.90 Å². The Morgan fingerprint density at radius 2 is 1.85 bits per heavy atom. The second-order valence-corrected chi connectivity index (χ2v) is 9.95. The summed E-state index contributed by atoms with van der Waals surface area (Å²) < 4.78 is 30.4. The van der Waals surface area contributed by atoms with Crippen LogP contribution < -0.4 is 4.74 Å². The molecule has 0 bridgehead atoms. The molecule has 2 atom stereocenters. The summed E-state index contributed by atoms with van der Waals surface area (Å²) in [6.07, 6.45) is -0.114. The smallest absolute Gasteiger partial charge is 0.151 e. The molecule has 0 saturated carbocycles. The lowest BCUT2D eigenvalue weighted by Crippen LogP contribution is -2.42. The lowest BCUT2D eigenvalue weighted by atomic mass is 10.1. The Balaban J connectivity index is 1.64. The number of para-hydroxylation sites is 1. The third kappa shape index (κ3) is 6.04. The molecule has 3 rings (SSSR count). The van der Waals surface area contributed by atoms with E-state index >= 15 is 0 Å². The molecule has 0 spiro atoms. The van der Waals surface area contributed by atoms with Crippen LogP contribution in [0.4, 0.5) is 0 Å². The van der Waals surface area contributed by atoms with Crippen molar-refractivity contribution >= 4 is 25.8 Å². The minimum absolute atomic E-state index is 0.0756. The first-order valence-electron chi connectivity index (χ1n) is 8.97. The van der Waals surface area contributed by atoms with Crippen molar-refractivity contribution in [2.45, 2.75) is 25.1 Å².